The number of aromatic nitrogens is 5. The second-order valence-corrected chi connectivity index (χ2v) is 9.95. The van der Waals surface area contributed by atoms with Crippen LogP contribution in [0.15, 0.2) is 74.0 Å². The van der Waals surface area contributed by atoms with E-state index in [1.165, 1.54) is 18.7 Å². The highest BCUT2D eigenvalue weighted by Crippen LogP contribution is 2.42. The van der Waals surface area contributed by atoms with Gasteiger partial charge >= 0.3 is 0 Å². The normalized spacial score (nSPS) is 15.0. The van der Waals surface area contributed by atoms with Gasteiger partial charge in [0, 0.05) is 54.8 Å². The average Bonchev–Trinajstić information content (AvgIpc) is 3.42. The van der Waals surface area contributed by atoms with Crippen molar-refractivity contribution in [1.82, 2.24) is 29.5 Å². The Kier molecular flexibility index (Phi) is 6.23. The first-order valence-corrected chi connectivity index (χ1v) is 12.9. The van der Waals surface area contributed by atoms with Gasteiger partial charge in [0.25, 0.3) is 0 Å². The number of hydrogen-bond donors (Lipinski definition) is 0. The fourth-order valence-corrected chi connectivity index (χ4v) is 5.23. The predicted molar refractivity (Wildman–Crippen MR) is 147 cm³/mol. The molecular formula is C29H24ClFN6O2. The number of ether oxygens (including phenoxy) is 1. The average molecular weight is 543 g/mol. The number of likely N-dealkylation sites (tertiary alicyclic amines) is 1. The fourth-order valence-electron chi connectivity index (χ4n) is 5.01. The third-order valence-electron chi connectivity index (χ3n) is 7.22. The molecule has 0 N–H and O–H groups in total. The largest absolute Gasteiger partial charge is 0.456 e. The Morgan fingerprint density at radius 2 is 1.92 bits per heavy atom. The summed E-state index contributed by atoms with van der Waals surface area (Å²) in [4.78, 5) is 26.7. The van der Waals surface area contributed by atoms with E-state index in [9.17, 15) is 4.79 Å². The van der Waals surface area contributed by atoms with E-state index in [1.807, 2.05) is 25.1 Å². The molecule has 0 bridgehead atoms. The van der Waals surface area contributed by atoms with Crippen molar-refractivity contribution < 1.29 is 13.9 Å². The van der Waals surface area contributed by atoms with Crippen molar-refractivity contribution in [1.29, 1.82) is 0 Å². The zero-order valence-corrected chi connectivity index (χ0v) is 21.9. The summed E-state index contributed by atoms with van der Waals surface area (Å²) in [5.74, 6) is 0.859. The van der Waals surface area contributed by atoms with Gasteiger partial charge in [-0.2, -0.15) is 5.10 Å². The van der Waals surface area contributed by atoms with Gasteiger partial charge in [-0.15, -0.1) is 0 Å². The molecule has 1 aliphatic rings. The highest BCUT2D eigenvalue weighted by molar-refractivity contribution is 6.32. The number of amides is 1. The lowest BCUT2D eigenvalue weighted by molar-refractivity contribution is -0.128. The molecule has 8 nitrogen and oxygen atoms in total. The highest BCUT2D eigenvalue weighted by atomic mass is 35.5. The number of benzene rings is 2. The van der Waals surface area contributed by atoms with Crippen LogP contribution in [0, 0.1) is 6.92 Å². The Bertz CT molecular complexity index is 1750. The van der Waals surface area contributed by atoms with Crippen molar-refractivity contribution in [2.45, 2.75) is 25.4 Å². The van der Waals surface area contributed by atoms with Crippen molar-refractivity contribution >= 4 is 34.1 Å². The standard InChI is InChI=1S/C29H24ClFN6O2/c1-3-27(38)36-10-7-29(31,8-11-36)20-13-22-18(2)32-16-34-28(22)23(14-20)19-4-5-25(24(30)12-19)39-21-6-9-37-26(15-21)33-17-35-37/h3-6,9,12-17H,1,7-8,10-11H2,2H3. The zero-order chi connectivity index (χ0) is 27.1. The maximum absolute atomic E-state index is 16.4. The van der Waals surface area contributed by atoms with E-state index in [0.29, 0.717) is 46.3 Å². The van der Waals surface area contributed by atoms with Gasteiger partial charge in [0.05, 0.1) is 10.5 Å². The summed E-state index contributed by atoms with van der Waals surface area (Å²) in [5, 5.41) is 5.25. The van der Waals surface area contributed by atoms with Gasteiger partial charge in [0.1, 0.15) is 29.8 Å². The molecule has 1 amide bonds. The molecule has 2 aromatic carbocycles. The number of halogens is 2. The topological polar surface area (TPSA) is 85.5 Å². The van der Waals surface area contributed by atoms with Gasteiger partial charge in [-0.1, -0.05) is 24.2 Å². The number of carbonyl (C=O) groups excluding carboxylic acids is 1. The van der Waals surface area contributed by atoms with Crippen LogP contribution < -0.4 is 4.74 Å². The molecule has 4 heterocycles. The summed E-state index contributed by atoms with van der Waals surface area (Å²) >= 11 is 6.67. The number of alkyl halides is 1. The molecule has 196 valence electrons. The number of fused-ring (bicyclic) bond motifs is 2. The molecule has 5 aromatic rings. The minimum atomic E-state index is -1.60. The molecule has 6 rings (SSSR count). The first-order chi connectivity index (χ1) is 18.8. The van der Waals surface area contributed by atoms with Crippen LogP contribution in [0.2, 0.25) is 5.02 Å². The number of pyridine rings is 1. The van der Waals surface area contributed by atoms with Crippen molar-refractivity contribution in [3.05, 3.63) is 90.3 Å². The van der Waals surface area contributed by atoms with Crippen LogP contribution in [-0.2, 0) is 10.5 Å². The number of carbonyl (C=O) groups is 1. The highest BCUT2D eigenvalue weighted by Gasteiger charge is 2.38. The Labute approximate surface area is 228 Å². The smallest absolute Gasteiger partial charge is 0.245 e. The third-order valence-corrected chi connectivity index (χ3v) is 7.52. The van der Waals surface area contributed by atoms with Crippen molar-refractivity contribution in [2.75, 3.05) is 13.1 Å². The molecule has 1 fully saturated rings. The van der Waals surface area contributed by atoms with Crippen LogP contribution in [0.3, 0.4) is 0 Å². The molecule has 0 radical (unpaired) electrons. The third kappa shape index (κ3) is 4.59. The molecule has 0 atom stereocenters. The number of aryl methyl sites for hydroxylation is 1. The van der Waals surface area contributed by atoms with Gasteiger partial charge in [0.15, 0.2) is 5.65 Å². The summed E-state index contributed by atoms with van der Waals surface area (Å²) in [7, 11) is 0. The minimum absolute atomic E-state index is 0.182. The molecule has 1 saturated heterocycles. The molecule has 0 spiro atoms. The van der Waals surface area contributed by atoms with E-state index in [1.54, 1.807) is 39.9 Å². The van der Waals surface area contributed by atoms with E-state index in [4.69, 9.17) is 16.3 Å². The van der Waals surface area contributed by atoms with E-state index in [0.717, 1.165) is 22.2 Å². The van der Waals surface area contributed by atoms with E-state index >= 15 is 4.39 Å². The van der Waals surface area contributed by atoms with Crippen LogP contribution in [0.5, 0.6) is 11.5 Å². The number of rotatable bonds is 5. The minimum Gasteiger partial charge on any atom is -0.456 e. The molecule has 39 heavy (non-hydrogen) atoms. The molecular weight excluding hydrogens is 519 g/mol. The molecule has 1 aliphatic heterocycles. The van der Waals surface area contributed by atoms with E-state index < -0.39 is 5.67 Å². The first kappa shape index (κ1) is 24.9. The molecule has 10 heteroatoms. The second kappa shape index (κ2) is 9.74. The predicted octanol–water partition coefficient (Wildman–Crippen LogP) is 6.07. The lowest BCUT2D eigenvalue weighted by Crippen LogP contribution is -2.42. The Hall–Kier alpha value is -4.37. The van der Waals surface area contributed by atoms with Crippen LogP contribution in [-0.4, -0.2) is 48.5 Å². The molecule has 3 aromatic heterocycles. The summed E-state index contributed by atoms with van der Waals surface area (Å²) in [6.45, 7) is 6.05. The molecule has 0 unspecified atom stereocenters. The maximum Gasteiger partial charge on any atom is 0.245 e. The van der Waals surface area contributed by atoms with Crippen molar-refractivity contribution in [2.24, 2.45) is 0 Å². The van der Waals surface area contributed by atoms with Crippen molar-refractivity contribution in [3.8, 4) is 22.6 Å². The fraction of sp³-hybridized carbons (Fsp3) is 0.207. The Morgan fingerprint density at radius 1 is 1.10 bits per heavy atom. The SMILES string of the molecule is C=CC(=O)N1CCC(F)(c2cc(-c3ccc(Oc4ccn5ncnc5c4)c(Cl)c3)c3ncnc(C)c3c2)CC1. The summed E-state index contributed by atoms with van der Waals surface area (Å²) in [6, 6.07) is 12.7. The summed E-state index contributed by atoms with van der Waals surface area (Å²) < 4.78 is 24.1. The Balaban J connectivity index is 1.37. The van der Waals surface area contributed by atoms with E-state index in [2.05, 4.69) is 26.6 Å². The number of piperidine rings is 1. The quantitative estimate of drug-likeness (QED) is 0.251. The monoisotopic (exact) mass is 542 g/mol. The van der Waals surface area contributed by atoms with Crippen LogP contribution >= 0.6 is 11.6 Å². The first-order valence-electron chi connectivity index (χ1n) is 12.5. The van der Waals surface area contributed by atoms with Crippen LogP contribution in [0.25, 0.3) is 27.7 Å². The van der Waals surface area contributed by atoms with Crippen LogP contribution in [0.1, 0.15) is 24.1 Å². The van der Waals surface area contributed by atoms with Gasteiger partial charge in [0.2, 0.25) is 5.91 Å². The van der Waals surface area contributed by atoms with Gasteiger partial charge < -0.3 is 9.64 Å². The molecule has 0 aliphatic carbocycles. The number of nitrogens with zero attached hydrogens (tertiary/aromatic N) is 6. The Morgan fingerprint density at radius 3 is 2.69 bits per heavy atom. The van der Waals surface area contributed by atoms with Gasteiger partial charge in [-0.3, -0.25) is 4.79 Å². The zero-order valence-electron chi connectivity index (χ0n) is 21.1. The lowest BCUT2D eigenvalue weighted by atomic mass is 9.83. The summed E-state index contributed by atoms with van der Waals surface area (Å²) in [5.41, 5.74) is 2.55. The van der Waals surface area contributed by atoms with E-state index in [-0.39, 0.29) is 18.7 Å². The van der Waals surface area contributed by atoms with Gasteiger partial charge in [-0.05, 0) is 54.5 Å². The second-order valence-electron chi connectivity index (χ2n) is 9.55. The van der Waals surface area contributed by atoms with Crippen molar-refractivity contribution in [3.63, 3.8) is 0 Å². The number of hydrogen-bond acceptors (Lipinski definition) is 6. The summed E-state index contributed by atoms with van der Waals surface area (Å²) in [6.07, 6.45) is 6.37. The maximum atomic E-state index is 16.4. The van der Waals surface area contributed by atoms with Crippen LogP contribution in [0.4, 0.5) is 4.39 Å². The van der Waals surface area contributed by atoms with Gasteiger partial charge in [-0.25, -0.2) is 23.9 Å². The molecule has 0 saturated carbocycles. The lowest BCUT2D eigenvalue weighted by Gasteiger charge is -2.36.